The van der Waals surface area contributed by atoms with Crippen molar-refractivity contribution in [3.8, 4) is 23.0 Å². The molecule has 5 nitrogen and oxygen atoms in total. The van der Waals surface area contributed by atoms with E-state index in [1.807, 2.05) is 24.3 Å². The number of fused-ring (bicyclic) bond motifs is 1. The Bertz CT molecular complexity index is 1120. The molecule has 0 unspecified atom stereocenters. The summed E-state index contributed by atoms with van der Waals surface area (Å²) in [7, 11) is 0. The molecule has 0 bridgehead atoms. The van der Waals surface area contributed by atoms with Crippen LogP contribution in [-0.4, -0.2) is 25.4 Å². The van der Waals surface area contributed by atoms with E-state index >= 15 is 0 Å². The van der Waals surface area contributed by atoms with Crippen LogP contribution in [0.4, 0.5) is 13.2 Å². The van der Waals surface area contributed by atoms with E-state index < -0.39 is 12.1 Å². The Morgan fingerprint density at radius 2 is 1.75 bits per heavy atom. The molecule has 0 saturated heterocycles. The highest BCUT2D eigenvalue weighted by atomic mass is 35.5. The molecular weight excluding hydrogens is 447 g/mol. The zero-order valence-corrected chi connectivity index (χ0v) is 18.1. The van der Waals surface area contributed by atoms with Gasteiger partial charge in [0.15, 0.2) is 11.5 Å². The van der Waals surface area contributed by atoms with Crippen LogP contribution in [0.3, 0.4) is 0 Å². The van der Waals surface area contributed by atoms with E-state index in [4.69, 9.17) is 21.1 Å². The molecule has 0 aliphatic rings. The Morgan fingerprint density at radius 3 is 2.44 bits per heavy atom. The van der Waals surface area contributed by atoms with Gasteiger partial charge in [0.2, 0.25) is 5.91 Å². The SMILES string of the molecule is CCOc1c(Cl)cc(Oc2ccc3cc(CCNC(C)=O)ccc3c2)cc1OC(F)(F)F. The Kier molecular flexibility index (Phi) is 7.35. The Morgan fingerprint density at radius 1 is 1.03 bits per heavy atom. The van der Waals surface area contributed by atoms with Crippen LogP contribution in [0.5, 0.6) is 23.0 Å². The molecule has 0 aliphatic heterocycles. The number of carbonyl (C=O) groups excluding carboxylic acids is 1. The molecule has 170 valence electrons. The van der Waals surface area contributed by atoms with Crippen LogP contribution in [0, 0.1) is 0 Å². The first kappa shape index (κ1) is 23.5. The Balaban J connectivity index is 1.82. The third-order valence-electron chi connectivity index (χ3n) is 4.40. The lowest BCUT2D eigenvalue weighted by Crippen LogP contribution is -2.22. The number of ether oxygens (including phenoxy) is 3. The van der Waals surface area contributed by atoms with E-state index in [1.165, 1.54) is 13.0 Å². The van der Waals surface area contributed by atoms with Crippen molar-refractivity contribution in [2.75, 3.05) is 13.2 Å². The number of hydrogen-bond acceptors (Lipinski definition) is 4. The molecular formula is C23H21ClF3NO4. The first-order chi connectivity index (χ1) is 15.1. The van der Waals surface area contributed by atoms with Crippen molar-refractivity contribution in [3.63, 3.8) is 0 Å². The summed E-state index contributed by atoms with van der Waals surface area (Å²) in [4.78, 5) is 11.0. The Labute approximate surface area is 188 Å². The zero-order valence-electron chi connectivity index (χ0n) is 17.4. The van der Waals surface area contributed by atoms with Gasteiger partial charge in [-0.15, -0.1) is 13.2 Å². The zero-order chi connectivity index (χ0) is 23.3. The summed E-state index contributed by atoms with van der Waals surface area (Å²) in [5, 5.41) is 4.54. The molecule has 0 aromatic heterocycles. The number of nitrogens with one attached hydrogen (secondary N) is 1. The highest BCUT2D eigenvalue weighted by Gasteiger charge is 2.33. The highest BCUT2D eigenvalue weighted by Crippen LogP contribution is 2.42. The predicted molar refractivity (Wildman–Crippen MR) is 116 cm³/mol. The normalized spacial score (nSPS) is 11.3. The van der Waals surface area contributed by atoms with Crippen molar-refractivity contribution in [1.82, 2.24) is 5.32 Å². The molecule has 0 heterocycles. The van der Waals surface area contributed by atoms with Crippen LogP contribution in [0.2, 0.25) is 5.02 Å². The van der Waals surface area contributed by atoms with Crippen LogP contribution < -0.4 is 19.5 Å². The maximum Gasteiger partial charge on any atom is 0.573 e. The van der Waals surface area contributed by atoms with E-state index in [1.54, 1.807) is 19.1 Å². The molecule has 0 saturated carbocycles. The molecule has 0 atom stereocenters. The highest BCUT2D eigenvalue weighted by molar-refractivity contribution is 6.32. The topological polar surface area (TPSA) is 56.8 Å². The first-order valence-corrected chi connectivity index (χ1v) is 10.2. The number of alkyl halides is 3. The molecule has 3 aromatic rings. The quantitative estimate of drug-likeness (QED) is 0.424. The summed E-state index contributed by atoms with van der Waals surface area (Å²) >= 11 is 6.10. The average molecular weight is 468 g/mol. The minimum absolute atomic E-state index is 0.0619. The number of rotatable bonds is 8. The van der Waals surface area contributed by atoms with E-state index in [9.17, 15) is 18.0 Å². The summed E-state index contributed by atoms with van der Waals surface area (Å²) in [6.45, 7) is 3.75. The first-order valence-electron chi connectivity index (χ1n) is 9.81. The third kappa shape index (κ3) is 6.43. The summed E-state index contributed by atoms with van der Waals surface area (Å²) in [6.07, 6.45) is -4.21. The maximum absolute atomic E-state index is 12.8. The molecule has 3 rings (SSSR count). The van der Waals surface area contributed by atoms with Crippen molar-refractivity contribution >= 4 is 28.3 Å². The lowest BCUT2D eigenvalue weighted by Gasteiger charge is -2.16. The van der Waals surface area contributed by atoms with Gasteiger partial charge in [0.05, 0.1) is 11.6 Å². The van der Waals surface area contributed by atoms with Crippen LogP contribution in [0.15, 0.2) is 48.5 Å². The second-order valence-corrected chi connectivity index (χ2v) is 7.30. The maximum atomic E-state index is 12.8. The summed E-state index contributed by atoms with van der Waals surface area (Å²) in [6, 6.07) is 13.6. The van der Waals surface area contributed by atoms with Crippen molar-refractivity contribution in [3.05, 3.63) is 59.1 Å². The van der Waals surface area contributed by atoms with Gasteiger partial charge in [-0.3, -0.25) is 4.79 Å². The van der Waals surface area contributed by atoms with Crippen LogP contribution in [0.25, 0.3) is 10.8 Å². The molecule has 1 amide bonds. The fraction of sp³-hybridized carbons (Fsp3) is 0.261. The van der Waals surface area contributed by atoms with Gasteiger partial charge in [-0.2, -0.15) is 0 Å². The summed E-state index contributed by atoms with van der Waals surface area (Å²) < 4.78 is 53.4. The van der Waals surface area contributed by atoms with Crippen molar-refractivity contribution in [1.29, 1.82) is 0 Å². The van der Waals surface area contributed by atoms with Crippen molar-refractivity contribution in [2.24, 2.45) is 0 Å². The predicted octanol–water partition coefficient (Wildman–Crippen LogP) is 6.26. The second-order valence-electron chi connectivity index (χ2n) is 6.89. The number of carbonyl (C=O) groups is 1. The largest absolute Gasteiger partial charge is 0.573 e. The number of hydrogen-bond donors (Lipinski definition) is 1. The lowest BCUT2D eigenvalue weighted by atomic mass is 10.0. The van der Waals surface area contributed by atoms with Gasteiger partial charge < -0.3 is 19.5 Å². The molecule has 0 aliphatic carbocycles. The third-order valence-corrected chi connectivity index (χ3v) is 4.68. The molecule has 0 spiro atoms. The van der Waals surface area contributed by atoms with Gasteiger partial charge in [-0.1, -0.05) is 35.9 Å². The van der Waals surface area contributed by atoms with Crippen LogP contribution in [-0.2, 0) is 11.2 Å². The fourth-order valence-electron chi connectivity index (χ4n) is 3.10. The summed E-state index contributed by atoms with van der Waals surface area (Å²) in [5.74, 6) is -0.368. The van der Waals surface area contributed by atoms with Gasteiger partial charge in [-0.25, -0.2) is 0 Å². The molecule has 1 N–H and O–H groups in total. The van der Waals surface area contributed by atoms with Gasteiger partial charge in [0, 0.05) is 25.6 Å². The van der Waals surface area contributed by atoms with Crippen molar-refractivity contribution < 1.29 is 32.2 Å². The van der Waals surface area contributed by atoms with E-state index in [2.05, 4.69) is 10.1 Å². The van der Waals surface area contributed by atoms with E-state index in [-0.39, 0.29) is 29.0 Å². The van der Waals surface area contributed by atoms with E-state index in [0.717, 1.165) is 22.4 Å². The minimum atomic E-state index is -4.91. The Hall–Kier alpha value is -3.13. The summed E-state index contributed by atoms with van der Waals surface area (Å²) in [5.41, 5.74) is 1.06. The van der Waals surface area contributed by atoms with E-state index in [0.29, 0.717) is 18.7 Å². The van der Waals surface area contributed by atoms with Gasteiger partial charge in [0.1, 0.15) is 11.5 Å². The van der Waals surface area contributed by atoms with Gasteiger partial charge in [0.25, 0.3) is 0 Å². The molecule has 0 fully saturated rings. The second kappa shape index (κ2) is 9.99. The molecule has 0 radical (unpaired) electrons. The molecule has 3 aromatic carbocycles. The van der Waals surface area contributed by atoms with Crippen LogP contribution >= 0.6 is 11.6 Å². The smallest absolute Gasteiger partial charge is 0.488 e. The standard InChI is InChI=1S/C23H21ClF3NO4/c1-3-30-22-20(24)12-19(13-21(22)32-23(25,26)27)31-18-7-6-16-10-15(4-5-17(16)11-18)8-9-28-14(2)29/h4-7,10-13H,3,8-9H2,1-2H3,(H,28,29). The minimum Gasteiger partial charge on any atom is -0.488 e. The number of halogens is 4. The van der Waals surface area contributed by atoms with Gasteiger partial charge in [-0.05, 0) is 41.8 Å². The molecule has 32 heavy (non-hydrogen) atoms. The average Bonchev–Trinajstić information content (AvgIpc) is 2.69. The monoisotopic (exact) mass is 467 g/mol. The van der Waals surface area contributed by atoms with Gasteiger partial charge >= 0.3 is 6.36 Å². The van der Waals surface area contributed by atoms with Crippen LogP contribution in [0.1, 0.15) is 19.4 Å². The number of benzene rings is 3. The number of amides is 1. The van der Waals surface area contributed by atoms with Crippen molar-refractivity contribution in [2.45, 2.75) is 26.6 Å². The lowest BCUT2D eigenvalue weighted by molar-refractivity contribution is -0.275. The fourth-order valence-corrected chi connectivity index (χ4v) is 3.35. The molecule has 9 heteroatoms.